The number of benzene rings is 1. The molecule has 0 aliphatic carbocycles. The lowest BCUT2D eigenvalue weighted by Crippen LogP contribution is -2.26. The van der Waals surface area contributed by atoms with Crippen molar-refractivity contribution in [3.8, 4) is 11.5 Å². The summed E-state index contributed by atoms with van der Waals surface area (Å²) < 4.78 is 10.2. The van der Waals surface area contributed by atoms with Crippen molar-refractivity contribution in [1.82, 2.24) is 9.80 Å². The topological polar surface area (TPSA) is 76.1 Å². The Kier molecular flexibility index (Phi) is 5.29. The van der Waals surface area contributed by atoms with Crippen molar-refractivity contribution < 1.29 is 23.9 Å². The molecule has 0 aromatic heterocycles. The highest BCUT2D eigenvalue weighted by atomic mass is 16.6. The number of ether oxygens (including phenoxy) is 2. The zero-order valence-electron chi connectivity index (χ0n) is 12.7. The third-order valence-electron chi connectivity index (χ3n) is 2.47. The largest absolute Gasteiger partial charge is 0.414 e. The molecule has 1 rings (SSSR count). The average Bonchev–Trinajstić information content (AvgIpc) is 2.38. The van der Waals surface area contributed by atoms with E-state index in [1.54, 1.807) is 14.1 Å². The number of hydrogen-bond acceptors (Lipinski definition) is 5. The van der Waals surface area contributed by atoms with Gasteiger partial charge >= 0.3 is 12.2 Å². The van der Waals surface area contributed by atoms with Crippen LogP contribution in [0.5, 0.6) is 11.5 Å². The molecule has 7 heteroatoms. The number of rotatable bonds is 3. The van der Waals surface area contributed by atoms with Gasteiger partial charge in [-0.2, -0.15) is 0 Å². The van der Waals surface area contributed by atoms with Gasteiger partial charge in [-0.05, 0) is 19.1 Å². The first-order valence-electron chi connectivity index (χ1n) is 6.15. The van der Waals surface area contributed by atoms with Gasteiger partial charge in [0, 0.05) is 34.3 Å². The second-order valence-corrected chi connectivity index (χ2v) is 4.74. The van der Waals surface area contributed by atoms with Gasteiger partial charge in [-0.3, -0.25) is 4.79 Å². The Bertz CT molecular complexity index is 566. The fourth-order valence-electron chi connectivity index (χ4n) is 1.32. The van der Waals surface area contributed by atoms with Gasteiger partial charge in [0.05, 0.1) is 5.56 Å². The number of carbonyl (C=O) groups excluding carboxylic acids is 3. The van der Waals surface area contributed by atoms with Crippen molar-refractivity contribution in [2.24, 2.45) is 0 Å². The Labute approximate surface area is 123 Å². The van der Waals surface area contributed by atoms with Crippen molar-refractivity contribution >= 4 is 18.0 Å². The van der Waals surface area contributed by atoms with Gasteiger partial charge in [-0.1, -0.05) is 0 Å². The van der Waals surface area contributed by atoms with Gasteiger partial charge < -0.3 is 19.3 Å². The van der Waals surface area contributed by atoms with Crippen LogP contribution in [0.25, 0.3) is 0 Å². The minimum atomic E-state index is -0.631. The normalized spacial score (nSPS) is 9.76. The van der Waals surface area contributed by atoms with E-state index in [2.05, 4.69) is 0 Å². The van der Waals surface area contributed by atoms with Crippen LogP contribution >= 0.6 is 0 Å². The Morgan fingerprint density at radius 2 is 1.43 bits per heavy atom. The number of Topliss-reactive ketones (excluding diaryl/α,β-unsaturated/α-hetero) is 1. The Morgan fingerprint density at radius 3 is 1.90 bits per heavy atom. The number of nitrogens with zero attached hydrogens (tertiary/aromatic N) is 2. The third kappa shape index (κ3) is 4.48. The second-order valence-electron chi connectivity index (χ2n) is 4.74. The summed E-state index contributed by atoms with van der Waals surface area (Å²) in [5.74, 6) is -0.0347. The molecule has 0 aliphatic heterocycles. The summed E-state index contributed by atoms with van der Waals surface area (Å²) in [6.45, 7) is 1.35. The molecule has 0 N–H and O–H groups in total. The maximum atomic E-state index is 11.6. The van der Waals surface area contributed by atoms with E-state index in [1.807, 2.05) is 0 Å². The van der Waals surface area contributed by atoms with Gasteiger partial charge in [-0.25, -0.2) is 9.59 Å². The van der Waals surface area contributed by atoms with E-state index in [1.165, 1.54) is 49.0 Å². The van der Waals surface area contributed by atoms with E-state index < -0.39 is 12.2 Å². The molecule has 0 fully saturated rings. The van der Waals surface area contributed by atoms with Crippen molar-refractivity contribution in [3.63, 3.8) is 0 Å². The van der Waals surface area contributed by atoms with Crippen molar-refractivity contribution in [2.75, 3.05) is 28.2 Å². The summed E-state index contributed by atoms with van der Waals surface area (Å²) in [6.07, 6.45) is -1.20. The highest BCUT2D eigenvalue weighted by Crippen LogP contribution is 2.26. The summed E-state index contributed by atoms with van der Waals surface area (Å²) in [5, 5.41) is 0. The fourth-order valence-corrected chi connectivity index (χ4v) is 1.32. The Hall–Kier alpha value is -2.57. The molecule has 1 aromatic rings. The number of amides is 2. The maximum Gasteiger partial charge on any atom is 0.414 e. The van der Waals surface area contributed by atoms with E-state index in [-0.39, 0.29) is 22.8 Å². The number of hydrogen-bond donors (Lipinski definition) is 0. The lowest BCUT2D eigenvalue weighted by Gasteiger charge is -2.15. The molecule has 2 amide bonds. The quantitative estimate of drug-likeness (QED) is 0.797. The summed E-state index contributed by atoms with van der Waals surface area (Å²) in [7, 11) is 6.12. The first kappa shape index (κ1) is 16.5. The molecule has 0 heterocycles. The van der Waals surface area contributed by atoms with E-state index >= 15 is 0 Å². The minimum absolute atomic E-state index is 0.0465. The zero-order chi connectivity index (χ0) is 16.2. The van der Waals surface area contributed by atoms with Gasteiger partial charge in [-0.15, -0.1) is 0 Å². The molecule has 7 nitrogen and oxygen atoms in total. The Morgan fingerprint density at radius 1 is 0.905 bits per heavy atom. The molecule has 0 bridgehead atoms. The molecule has 0 unspecified atom stereocenters. The highest BCUT2D eigenvalue weighted by Gasteiger charge is 2.16. The van der Waals surface area contributed by atoms with Crippen molar-refractivity contribution in [2.45, 2.75) is 6.92 Å². The summed E-state index contributed by atoms with van der Waals surface area (Å²) in [5.41, 5.74) is 0.231. The molecule has 0 atom stereocenters. The third-order valence-corrected chi connectivity index (χ3v) is 2.47. The predicted octanol–water partition coefficient (Wildman–Crippen LogP) is 2.01. The molecule has 0 radical (unpaired) electrons. The highest BCUT2D eigenvalue weighted by molar-refractivity contribution is 5.97. The van der Waals surface area contributed by atoms with Gasteiger partial charge in [0.2, 0.25) is 0 Å². The first-order chi connectivity index (χ1) is 9.72. The molecular weight excluding hydrogens is 276 g/mol. The van der Waals surface area contributed by atoms with Gasteiger partial charge in [0.1, 0.15) is 11.5 Å². The average molecular weight is 294 g/mol. The fraction of sp³-hybridized carbons (Fsp3) is 0.357. The smallest absolute Gasteiger partial charge is 0.410 e. The van der Waals surface area contributed by atoms with Crippen LogP contribution in [0.3, 0.4) is 0 Å². The first-order valence-corrected chi connectivity index (χ1v) is 6.15. The van der Waals surface area contributed by atoms with Crippen LogP contribution in [0.15, 0.2) is 18.2 Å². The van der Waals surface area contributed by atoms with Crippen LogP contribution in [0.4, 0.5) is 9.59 Å². The zero-order valence-corrected chi connectivity index (χ0v) is 12.7. The van der Waals surface area contributed by atoms with Crippen molar-refractivity contribution in [1.29, 1.82) is 0 Å². The molecule has 114 valence electrons. The minimum Gasteiger partial charge on any atom is -0.410 e. The molecular formula is C14H18N2O5. The monoisotopic (exact) mass is 294 g/mol. The van der Waals surface area contributed by atoms with Crippen LogP contribution in [-0.4, -0.2) is 56.0 Å². The van der Waals surface area contributed by atoms with Crippen LogP contribution in [-0.2, 0) is 0 Å². The lowest BCUT2D eigenvalue weighted by atomic mass is 10.1. The number of carbonyl (C=O) groups is 3. The molecule has 0 saturated carbocycles. The molecule has 21 heavy (non-hydrogen) atoms. The van der Waals surface area contributed by atoms with Crippen LogP contribution in [0.2, 0.25) is 0 Å². The standard InChI is InChI=1S/C14H18N2O5/c1-9(17)11-7-6-10(20-13(18)15(2)3)8-12(11)21-14(19)16(4)5/h6-8H,1-5H3. The van der Waals surface area contributed by atoms with Crippen LogP contribution in [0, 0.1) is 0 Å². The number of ketones is 1. The maximum absolute atomic E-state index is 11.6. The SMILES string of the molecule is CC(=O)c1ccc(OC(=O)N(C)C)cc1OC(=O)N(C)C. The van der Waals surface area contributed by atoms with Crippen molar-refractivity contribution in [3.05, 3.63) is 23.8 Å². The van der Waals surface area contributed by atoms with Gasteiger partial charge in [0.25, 0.3) is 0 Å². The summed E-state index contributed by atoms with van der Waals surface area (Å²) in [6, 6.07) is 4.24. The summed E-state index contributed by atoms with van der Waals surface area (Å²) in [4.78, 5) is 37.1. The molecule has 1 aromatic carbocycles. The van der Waals surface area contributed by atoms with E-state index in [9.17, 15) is 14.4 Å². The lowest BCUT2D eigenvalue weighted by molar-refractivity contribution is 0.101. The summed E-state index contributed by atoms with van der Waals surface area (Å²) >= 11 is 0. The van der Waals surface area contributed by atoms with E-state index in [0.29, 0.717) is 0 Å². The Balaban J connectivity index is 3.09. The molecule has 0 saturated heterocycles. The van der Waals surface area contributed by atoms with Crippen LogP contribution in [0.1, 0.15) is 17.3 Å². The van der Waals surface area contributed by atoms with Crippen LogP contribution < -0.4 is 9.47 Å². The van der Waals surface area contributed by atoms with Gasteiger partial charge in [0.15, 0.2) is 5.78 Å². The predicted molar refractivity (Wildman–Crippen MR) is 75.9 cm³/mol. The van der Waals surface area contributed by atoms with E-state index in [4.69, 9.17) is 9.47 Å². The van der Waals surface area contributed by atoms with E-state index in [0.717, 1.165) is 0 Å². The molecule has 0 spiro atoms. The molecule has 0 aliphatic rings. The second kappa shape index (κ2) is 6.74.